The second-order valence-corrected chi connectivity index (χ2v) is 10.3. The maximum absolute atomic E-state index is 12.4. The summed E-state index contributed by atoms with van der Waals surface area (Å²) in [4.78, 5) is 22.9. The summed E-state index contributed by atoms with van der Waals surface area (Å²) in [5.74, 6) is 0.988. The van der Waals surface area contributed by atoms with Gasteiger partial charge >= 0.3 is 0 Å². The molecule has 0 unspecified atom stereocenters. The molecule has 8 heteroatoms. The SMILES string of the molecule is COc1cc(C)c(SN(C)CCC(=O)NCCN2CCN(c3cc(C)nc(C)c3)CC2)c(C)c1. The first-order chi connectivity index (χ1) is 16.2. The number of pyridine rings is 1. The van der Waals surface area contributed by atoms with Gasteiger partial charge in [0.15, 0.2) is 0 Å². The van der Waals surface area contributed by atoms with Gasteiger partial charge in [0.25, 0.3) is 0 Å². The number of hydrogen-bond acceptors (Lipinski definition) is 7. The Labute approximate surface area is 209 Å². The highest BCUT2D eigenvalue weighted by Crippen LogP contribution is 2.31. The van der Waals surface area contributed by atoms with Crippen LogP contribution < -0.4 is 15.0 Å². The molecule has 1 N–H and O–H groups in total. The van der Waals surface area contributed by atoms with Crippen LogP contribution in [0.1, 0.15) is 28.9 Å². The zero-order chi connectivity index (χ0) is 24.7. The van der Waals surface area contributed by atoms with E-state index in [4.69, 9.17) is 4.74 Å². The number of nitrogens with one attached hydrogen (secondary N) is 1. The van der Waals surface area contributed by atoms with Gasteiger partial charge in [-0.2, -0.15) is 0 Å². The van der Waals surface area contributed by atoms with Crippen molar-refractivity contribution in [3.05, 3.63) is 46.8 Å². The molecule has 1 aromatic carbocycles. The van der Waals surface area contributed by atoms with Crippen LogP contribution in [0.25, 0.3) is 0 Å². The van der Waals surface area contributed by atoms with E-state index in [0.29, 0.717) is 19.5 Å². The molecular formula is C26H39N5O2S. The molecule has 7 nitrogen and oxygen atoms in total. The summed E-state index contributed by atoms with van der Waals surface area (Å²) in [5.41, 5.74) is 5.77. The van der Waals surface area contributed by atoms with E-state index in [1.807, 2.05) is 20.9 Å². The lowest BCUT2D eigenvalue weighted by Crippen LogP contribution is -2.48. The molecule has 0 bridgehead atoms. The average molecular weight is 486 g/mol. The van der Waals surface area contributed by atoms with E-state index in [9.17, 15) is 4.79 Å². The van der Waals surface area contributed by atoms with Crippen LogP contribution in [0.5, 0.6) is 5.75 Å². The molecule has 1 aliphatic rings. The molecule has 0 radical (unpaired) electrons. The van der Waals surface area contributed by atoms with Crippen molar-refractivity contribution in [2.24, 2.45) is 0 Å². The standard InChI is InChI=1S/C26H39N5O2S/c1-19-15-24(33-6)16-20(2)26(19)34-29(5)9-7-25(32)27-8-10-30-11-13-31(14-12-30)23-17-21(3)28-22(4)18-23/h15-18H,7-14H2,1-6H3,(H,27,32). The number of benzene rings is 1. The van der Waals surface area contributed by atoms with Gasteiger partial charge in [0.05, 0.1) is 7.11 Å². The Morgan fingerprint density at radius 2 is 1.68 bits per heavy atom. The Bertz CT molecular complexity index is 932. The van der Waals surface area contributed by atoms with Crippen molar-refractivity contribution < 1.29 is 9.53 Å². The summed E-state index contributed by atoms with van der Waals surface area (Å²) in [7, 11) is 3.72. The van der Waals surface area contributed by atoms with Crippen molar-refractivity contribution in [2.75, 3.05) is 64.9 Å². The number of nitrogens with zero attached hydrogens (tertiary/aromatic N) is 4. The first kappa shape index (κ1) is 26.3. The molecule has 1 aliphatic heterocycles. The summed E-state index contributed by atoms with van der Waals surface area (Å²) >= 11 is 1.69. The molecular weight excluding hydrogens is 446 g/mol. The van der Waals surface area contributed by atoms with Crippen LogP contribution in [0.4, 0.5) is 5.69 Å². The number of aryl methyl sites for hydroxylation is 4. The van der Waals surface area contributed by atoms with E-state index in [-0.39, 0.29) is 5.91 Å². The van der Waals surface area contributed by atoms with Gasteiger partial charge in [-0.25, -0.2) is 4.31 Å². The molecule has 1 aromatic heterocycles. The van der Waals surface area contributed by atoms with Crippen molar-refractivity contribution in [3.8, 4) is 5.75 Å². The lowest BCUT2D eigenvalue weighted by molar-refractivity contribution is -0.121. The maximum atomic E-state index is 12.4. The smallest absolute Gasteiger partial charge is 0.221 e. The van der Waals surface area contributed by atoms with Crippen LogP contribution >= 0.6 is 11.9 Å². The third kappa shape index (κ3) is 7.61. The molecule has 1 amide bonds. The Kier molecular flexibility index (Phi) is 9.62. The highest BCUT2D eigenvalue weighted by atomic mass is 32.2. The second-order valence-electron chi connectivity index (χ2n) is 9.07. The zero-order valence-corrected chi connectivity index (χ0v) is 22.3. The Morgan fingerprint density at radius 3 is 2.26 bits per heavy atom. The van der Waals surface area contributed by atoms with Crippen LogP contribution in [0.15, 0.2) is 29.2 Å². The van der Waals surface area contributed by atoms with Crippen LogP contribution in [-0.4, -0.2) is 80.1 Å². The van der Waals surface area contributed by atoms with Gasteiger partial charge in [-0.3, -0.25) is 14.7 Å². The third-order valence-corrected chi connectivity index (χ3v) is 7.45. The van der Waals surface area contributed by atoms with Gasteiger partial charge in [0, 0.05) is 74.2 Å². The van der Waals surface area contributed by atoms with Crippen molar-refractivity contribution in [3.63, 3.8) is 0 Å². The number of carbonyl (C=O) groups excluding carboxylic acids is 1. The minimum Gasteiger partial charge on any atom is -0.497 e. The molecule has 0 saturated carbocycles. The summed E-state index contributed by atoms with van der Waals surface area (Å²) in [6, 6.07) is 8.43. The first-order valence-electron chi connectivity index (χ1n) is 12.0. The molecule has 34 heavy (non-hydrogen) atoms. The fourth-order valence-electron chi connectivity index (χ4n) is 4.30. The highest BCUT2D eigenvalue weighted by Gasteiger charge is 2.18. The van der Waals surface area contributed by atoms with Gasteiger partial charge < -0.3 is 15.0 Å². The van der Waals surface area contributed by atoms with Crippen LogP contribution in [0, 0.1) is 27.7 Å². The predicted molar refractivity (Wildman–Crippen MR) is 141 cm³/mol. The van der Waals surface area contributed by atoms with Gasteiger partial charge in [-0.1, -0.05) is 0 Å². The lowest BCUT2D eigenvalue weighted by atomic mass is 10.1. The molecule has 0 spiro atoms. The number of methoxy groups -OCH3 is 1. The Hall–Kier alpha value is -2.29. The van der Waals surface area contributed by atoms with Gasteiger partial charge in [0.1, 0.15) is 5.75 Å². The van der Waals surface area contributed by atoms with E-state index in [0.717, 1.165) is 49.9 Å². The van der Waals surface area contributed by atoms with Gasteiger partial charge in [-0.05, 0) is 82.1 Å². The lowest BCUT2D eigenvalue weighted by Gasteiger charge is -2.36. The monoisotopic (exact) mass is 485 g/mol. The van der Waals surface area contributed by atoms with Crippen LogP contribution in [0.2, 0.25) is 0 Å². The fraction of sp³-hybridized carbons (Fsp3) is 0.538. The number of rotatable bonds is 10. The summed E-state index contributed by atoms with van der Waals surface area (Å²) in [5, 5.41) is 3.09. The Morgan fingerprint density at radius 1 is 1.06 bits per heavy atom. The number of carbonyl (C=O) groups is 1. The number of ether oxygens (including phenoxy) is 1. The summed E-state index contributed by atoms with van der Waals surface area (Å²) < 4.78 is 7.47. The van der Waals surface area contributed by atoms with Crippen molar-refractivity contribution in [1.82, 2.24) is 19.5 Å². The van der Waals surface area contributed by atoms with Crippen molar-refractivity contribution in [1.29, 1.82) is 0 Å². The molecule has 2 aromatic rings. The maximum Gasteiger partial charge on any atom is 0.221 e. The van der Waals surface area contributed by atoms with Crippen molar-refractivity contribution in [2.45, 2.75) is 39.0 Å². The first-order valence-corrected chi connectivity index (χ1v) is 12.8. The molecule has 1 saturated heterocycles. The highest BCUT2D eigenvalue weighted by molar-refractivity contribution is 7.97. The quantitative estimate of drug-likeness (QED) is 0.516. The molecule has 3 rings (SSSR count). The Balaban J connectivity index is 1.34. The molecule has 186 valence electrons. The molecule has 1 fully saturated rings. The van der Waals surface area contributed by atoms with E-state index in [1.165, 1.54) is 21.7 Å². The van der Waals surface area contributed by atoms with E-state index >= 15 is 0 Å². The average Bonchev–Trinajstić information content (AvgIpc) is 2.79. The predicted octanol–water partition coefficient (Wildman–Crippen LogP) is 3.59. The van der Waals surface area contributed by atoms with Gasteiger partial charge in [0.2, 0.25) is 5.91 Å². The normalized spacial score (nSPS) is 14.5. The summed E-state index contributed by atoms with van der Waals surface area (Å²) in [6.45, 7) is 14.6. The molecule has 2 heterocycles. The second kappa shape index (κ2) is 12.4. The number of piperazine rings is 1. The zero-order valence-electron chi connectivity index (χ0n) is 21.5. The van der Waals surface area contributed by atoms with E-state index in [1.54, 1.807) is 19.1 Å². The van der Waals surface area contributed by atoms with Crippen LogP contribution in [-0.2, 0) is 4.79 Å². The topological polar surface area (TPSA) is 60.9 Å². The van der Waals surface area contributed by atoms with Crippen LogP contribution in [0.3, 0.4) is 0 Å². The third-order valence-electron chi connectivity index (χ3n) is 6.12. The summed E-state index contributed by atoms with van der Waals surface area (Å²) in [6.07, 6.45) is 0.492. The van der Waals surface area contributed by atoms with E-state index in [2.05, 4.69) is 62.5 Å². The van der Waals surface area contributed by atoms with Crippen molar-refractivity contribution >= 4 is 23.5 Å². The largest absolute Gasteiger partial charge is 0.497 e. The van der Waals surface area contributed by atoms with Gasteiger partial charge in [-0.15, -0.1) is 0 Å². The number of aromatic nitrogens is 1. The minimum atomic E-state index is 0.108. The number of anilines is 1. The fourth-order valence-corrected chi connectivity index (χ4v) is 5.20. The number of amides is 1. The minimum absolute atomic E-state index is 0.108. The molecule has 0 atom stereocenters. The molecule has 0 aliphatic carbocycles. The van der Waals surface area contributed by atoms with E-state index < -0.39 is 0 Å². The number of hydrogen-bond donors (Lipinski definition) is 1.